The van der Waals surface area contributed by atoms with E-state index in [9.17, 15) is 9.90 Å². The van der Waals surface area contributed by atoms with Crippen molar-refractivity contribution < 1.29 is 14.6 Å². The number of carboxylic acid groups (broad SMARTS) is 1. The molecular formula is C15H16N2O3. The molecule has 3 rings (SSSR count). The van der Waals surface area contributed by atoms with Crippen LogP contribution in [0.5, 0.6) is 0 Å². The maximum Gasteiger partial charge on any atom is 0.337 e. The van der Waals surface area contributed by atoms with Gasteiger partial charge < -0.3 is 14.7 Å². The molecule has 0 amide bonds. The van der Waals surface area contributed by atoms with Gasteiger partial charge in [0.25, 0.3) is 0 Å². The standard InChI is InChI=1S/C15H16N2O3/c1-17(10-6-7-20-9-10)14-12-5-3-2-4-11(12)13(8-16-14)15(18)19/h2-5,8,10H,6-7,9H2,1H3,(H,18,19). The van der Waals surface area contributed by atoms with E-state index < -0.39 is 5.97 Å². The summed E-state index contributed by atoms with van der Waals surface area (Å²) in [5, 5.41) is 10.8. The molecular weight excluding hydrogens is 256 g/mol. The summed E-state index contributed by atoms with van der Waals surface area (Å²) in [4.78, 5) is 17.7. The molecule has 1 unspecified atom stereocenters. The SMILES string of the molecule is CN(c1ncc(C(=O)O)c2ccccc12)C1CCOC1. The van der Waals surface area contributed by atoms with Crippen molar-refractivity contribution in [3.8, 4) is 0 Å². The molecule has 0 spiro atoms. The number of carboxylic acids is 1. The fourth-order valence-electron chi connectivity index (χ4n) is 2.63. The number of likely N-dealkylation sites (N-methyl/N-ethyl adjacent to an activating group) is 1. The normalized spacial score (nSPS) is 18.4. The molecule has 2 heterocycles. The van der Waals surface area contributed by atoms with Crippen molar-refractivity contribution in [2.75, 3.05) is 25.2 Å². The van der Waals surface area contributed by atoms with Gasteiger partial charge in [-0.2, -0.15) is 0 Å². The van der Waals surface area contributed by atoms with Gasteiger partial charge in [0.15, 0.2) is 0 Å². The minimum Gasteiger partial charge on any atom is -0.478 e. The van der Waals surface area contributed by atoms with Crippen LogP contribution in [0.3, 0.4) is 0 Å². The second kappa shape index (κ2) is 5.09. The predicted molar refractivity (Wildman–Crippen MR) is 76.3 cm³/mol. The molecule has 2 aromatic rings. The molecule has 1 aliphatic heterocycles. The highest BCUT2D eigenvalue weighted by molar-refractivity contribution is 6.06. The monoisotopic (exact) mass is 272 g/mol. The molecule has 0 bridgehead atoms. The maximum atomic E-state index is 11.3. The molecule has 1 aromatic heterocycles. The largest absolute Gasteiger partial charge is 0.478 e. The highest BCUT2D eigenvalue weighted by Crippen LogP contribution is 2.29. The van der Waals surface area contributed by atoms with Gasteiger partial charge in [-0.15, -0.1) is 0 Å². The average molecular weight is 272 g/mol. The number of rotatable bonds is 3. The number of carbonyl (C=O) groups is 1. The van der Waals surface area contributed by atoms with Crippen LogP contribution in [-0.4, -0.2) is 42.4 Å². The Hall–Kier alpha value is -2.14. The van der Waals surface area contributed by atoms with Crippen LogP contribution in [0.4, 0.5) is 5.82 Å². The lowest BCUT2D eigenvalue weighted by atomic mass is 10.1. The van der Waals surface area contributed by atoms with Crippen LogP contribution in [0.1, 0.15) is 16.8 Å². The van der Waals surface area contributed by atoms with Crippen molar-refractivity contribution in [2.45, 2.75) is 12.5 Å². The smallest absolute Gasteiger partial charge is 0.337 e. The molecule has 1 saturated heterocycles. The Morgan fingerprint density at radius 2 is 2.15 bits per heavy atom. The molecule has 5 nitrogen and oxygen atoms in total. The molecule has 1 atom stereocenters. The van der Waals surface area contributed by atoms with E-state index in [4.69, 9.17) is 4.74 Å². The third kappa shape index (κ3) is 2.10. The molecule has 5 heteroatoms. The maximum absolute atomic E-state index is 11.3. The Kier molecular flexibility index (Phi) is 3.28. The molecule has 0 saturated carbocycles. The summed E-state index contributed by atoms with van der Waals surface area (Å²) >= 11 is 0. The van der Waals surface area contributed by atoms with E-state index >= 15 is 0 Å². The van der Waals surface area contributed by atoms with Gasteiger partial charge in [-0.3, -0.25) is 0 Å². The van der Waals surface area contributed by atoms with Crippen molar-refractivity contribution in [1.29, 1.82) is 0 Å². The quantitative estimate of drug-likeness (QED) is 0.927. The van der Waals surface area contributed by atoms with E-state index in [1.54, 1.807) is 0 Å². The van der Waals surface area contributed by atoms with Crippen molar-refractivity contribution in [3.05, 3.63) is 36.0 Å². The number of hydrogen-bond acceptors (Lipinski definition) is 4. The number of benzene rings is 1. The van der Waals surface area contributed by atoms with Gasteiger partial charge >= 0.3 is 5.97 Å². The summed E-state index contributed by atoms with van der Waals surface area (Å²) in [6.07, 6.45) is 2.40. The highest BCUT2D eigenvalue weighted by Gasteiger charge is 2.23. The molecule has 1 aliphatic rings. The Labute approximate surface area is 116 Å². The van der Waals surface area contributed by atoms with E-state index in [2.05, 4.69) is 9.88 Å². The fourth-order valence-corrected chi connectivity index (χ4v) is 2.63. The van der Waals surface area contributed by atoms with E-state index in [1.165, 1.54) is 6.20 Å². The highest BCUT2D eigenvalue weighted by atomic mass is 16.5. The van der Waals surface area contributed by atoms with Crippen LogP contribution < -0.4 is 4.90 Å². The Morgan fingerprint density at radius 3 is 2.80 bits per heavy atom. The summed E-state index contributed by atoms with van der Waals surface area (Å²) in [6.45, 7) is 1.45. The summed E-state index contributed by atoms with van der Waals surface area (Å²) in [6, 6.07) is 7.77. The first-order valence-corrected chi connectivity index (χ1v) is 6.60. The molecule has 1 aromatic carbocycles. The van der Waals surface area contributed by atoms with Crippen LogP contribution in [-0.2, 0) is 4.74 Å². The number of nitrogens with zero attached hydrogens (tertiary/aromatic N) is 2. The van der Waals surface area contributed by atoms with Crippen LogP contribution in [0.2, 0.25) is 0 Å². The second-order valence-corrected chi connectivity index (χ2v) is 4.97. The number of pyridine rings is 1. The third-order valence-corrected chi connectivity index (χ3v) is 3.79. The first-order valence-electron chi connectivity index (χ1n) is 6.60. The van der Waals surface area contributed by atoms with Crippen LogP contribution in [0.15, 0.2) is 30.5 Å². The minimum absolute atomic E-state index is 0.237. The zero-order chi connectivity index (χ0) is 14.1. The summed E-state index contributed by atoms with van der Waals surface area (Å²) in [5.74, 6) is -0.145. The second-order valence-electron chi connectivity index (χ2n) is 4.97. The van der Waals surface area contributed by atoms with Gasteiger partial charge in [-0.05, 0) is 6.42 Å². The molecule has 1 fully saturated rings. The van der Waals surface area contributed by atoms with E-state index in [0.29, 0.717) is 12.6 Å². The molecule has 1 N–H and O–H groups in total. The lowest BCUT2D eigenvalue weighted by Gasteiger charge is -2.25. The lowest BCUT2D eigenvalue weighted by molar-refractivity contribution is 0.0698. The Balaban J connectivity index is 2.12. The van der Waals surface area contributed by atoms with Gasteiger partial charge in [0.2, 0.25) is 0 Å². The zero-order valence-electron chi connectivity index (χ0n) is 11.2. The summed E-state index contributed by atoms with van der Waals surface area (Å²) < 4.78 is 5.41. The molecule has 20 heavy (non-hydrogen) atoms. The van der Waals surface area contributed by atoms with Crippen LogP contribution >= 0.6 is 0 Å². The molecule has 0 radical (unpaired) electrons. The van der Waals surface area contributed by atoms with Crippen molar-refractivity contribution >= 4 is 22.6 Å². The van der Waals surface area contributed by atoms with E-state index in [1.807, 2.05) is 31.3 Å². The molecule has 0 aliphatic carbocycles. The van der Waals surface area contributed by atoms with Crippen molar-refractivity contribution in [1.82, 2.24) is 4.98 Å². The van der Waals surface area contributed by atoms with Gasteiger partial charge in [-0.25, -0.2) is 9.78 Å². The summed E-state index contributed by atoms with van der Waals surface area (Å²) in [7, 11) is 1.98. The fraction of sp³-hybridized carbons (Fsp3) is 0.333. The van der Waals surface area contributed by atoms with Crippen LogP contribution in [0.25, 0.3) is 10.8 Å². The first-order chi connectivity index (χ1) is 9.68. The number of ether oxygens (including phenoxy) is 1. The zero-order valence-corrected chi connectivity index (χ0v) is 11.2. The Bertz CT molecular complexity index is 651. The average Bonchev–Trinajstić information content (AvgIpc) is 2.99. The van der Waals surface area contributed by atoms with Crippen LogP contribution in [0, 0.1) is 0 Å². The molecule has 104 valence electrons. The lowest BCUT2D eigenvalue weighted by Crippen LogP contribution is -2.32. The first kappa shape index (κ1) is 12.9. The number of fused-ring (bicyclic) bond motifs is 1. The van der Waals surface area contributed by atoms with Gasteiger partial charge in [0.05, 0.1) is 18.2 Å². The van der Waals surface area contributed by atoms with Gasteiger partial charge in [0, 0.05) is 30.6 Å². The minimum atomic E-state index is -0.952. The van der Waals surface area contributed by atoms with Gasteiger partial charge in [0.1, 0.15) is 5.82 Å². The van der Waals surface area contributed by atoms with Gasteiger partial charge in [-0.1, -0.05) is 24.3 Å². The number of anilines is 1. The van der Waals surface area contributed by atoms with Crippen molar-refractivity contribution in [2.24, 2.45) is 0 Å². The Morgan fingerprint density at radius 1 is 1.40 bits per heavy atom. The predicted octanol–water partition coefficient (Wildman–Crippen LogP) is 2.16. The summed E-state index contributed by atoms with van der Waals surface area (Å²) in [5.41, 5.74) is 0.237. The number of hydrogen-bond donors (Lipinski definition) is 1. The topological polar surface area (TPSA) is 62.7 Å². The number of aromatic nitrogens is 1. The third-order valence-electron chi connectivity index (χ3n) is 3.79. The van der Waals surface area contributed by atoms with Crippen molar-refractivity contribution in [3.63, 3.8) is 0 Å². The van der Waals surface area contributed by atoms with E-state index in [-0.39, 0.29) is 5.56 Å². The van der Waals surface area contributed by atoms with E-state index in [0.717, 1.165) is 29.6 Å². The number of aromatic carboxylic acids is 1.